The van der Waals surface area contributed by atoms with Gasteiger partial charge in [0.05, 0.1) is 0 Å². The lowest BCUT2D eigenvalue weighted by Crippen LogP contribution is -2.07. The lowest BCUT2D eigenvalue weighted by molar-refractivity contribution is 0.412. The molecular weight excluding hydrogens is 440 g/mol. The van der Waals surface area contributed by atoms with E-state index in [1.807, 2.05) is 73.7 Å². The van der Waals surface area contributed by atoms with E-state index in [0.717, 1.165) is 11.0 Å². The number of allylic oxidation sites excluding steroid dienone is 9. The number of benzene rings is 2. The van der Waals surface area contributed by atoms with Crippen LogP contribution in [0.5, 0.6) is 0 Å². The van der Waals surface area contributed by atoms with Gasteiger partial charge in [-0.1, -0.05) is 55.1 Å². The van der Waals surface area contributed by atoms with Gasteiger partial charge in [-0.15, -0.1) is 30.0 Å². The van der Waals surface area contributed by atoms with Crippen molar-refractivity contribution >= 4 is 33.5 Å². The number of aliphatic hydroxyl groups is 2. The molecule has 35 heavy (non-hydrogen) atoms. The Hall–Kier alpha value is -4.72. The molecule has 0 atom stereocenters. The number of nitrogens with zero attached hydrogens (tertiary/aromatic N) is 6. The van der Waals surface area contributed by atoms with E-state index < -0.39 is 0 Å². The first-order chi connectivity index (χ1) is 17.0. The molecule has 4 aromatic rings. The summed E-state index contributed by atoms with van der Waals surface area (Å²) in [5.74, 6) is -0.0127. The molecule has 8 nitrogen and oxygen atoms in total. The predicted octanol–water partition coefficient (Wildman–Crippen LogP) is 5.74. The summed E-state index contributed by atoms with van der Waals surface area (Å²) in [5.41, 5.74) is 4.78. The van der Waals surface area contributed by atoms with Gasteiger partial charge in [-0.25, -0.2) is 0 Å². The van der Waals surface area contributed by atoms with Gasteiger partial charge in [0.15, 0.2) is 0 Å². The molecule has 0 aliphatic heterocycles. The van der Waals surface area contributed by atoms with Gasteiger partial charge in [0.2, 0.25) is 0 Å². The van der Waals surface area contributed by atoms with E-state index >= 15 is 0 Å². The third kappa shape index (κ3) is 4.29. The summed E-state index contributed by atoms with van der Waals surface area (Å²) in [5, 5.41) is 40.2. The summed E-state index contributed by atoms with van der Waals surface area (Å²) < 4.78 is 0. The highest BCUT2D eigenvalue weighted by molar-refractivity contribution is 5.76. The fraction of sp³-hybridized carbons (Fsp3) is 0.111. The molecule has 0 fully saturated rings. The van der Waals surface area contributed by atoms with Gasteiger partial charge in [-0.05, 0) is 49.3 Å². The molecule has 0 saturated carbocycles. The Bertz CT molecular complexity index is 1530. The molecule has 0 unspecified atom stereocenters. The fourth-order valence-corrected chi connectivity index (χ4v) is 3.90. The largest absolute Gasteiger partial charge is 0.505 e. The van der Waals surface area contributed by atoms with Crippen LogP contribution >= 0.6 is 0 Å². The van der Waals surface area contributed by atoms with Gasteiger partial charge in [0.1, 0.15) is 45.0 Å². The Morgan fingerprint density at radius 2 is 1.54 bits per heavy atom. The first kappa shape index (κ1) is 22.1. The van der Waals surface area contributed by atoms with Gasteiger partial charge in [-0.3, -0.25) is 0 Å². The van der Waals surface area contributed by atoms with E-state index in [1.165, 1.54) is 9.59 Å². The second-order valence-electron chi connectivity index (χ2n) is 8.05. The third-order valence-electron chi connectivity index (χ3n) is 5.68. The van der Waals surface area contributed by atoms with Crippen LogP contribution in [0.2, 0.25) is 0 Å². The summed E-state index contributed by atoms with van der Waals surface area (Å²) in [6, 6.07) is 15.0. The molecule has 0 radical (unpaired) electrons. The summed E-state index contributed by atoms with van der Waals surface area (Å²) in [6.45, 7) is 5.87. The average molecular weight is 465 g/mol. The van der Waals surface area contributed by atoms with E-state index in [4.69, 9.17) is 0 Å². The average Bonchev–Trinajstić information content (AvgIpc) is 3.46. The molecule has 0 amide bonds. The number of hydrogen-bond acceptors (Lipinski definition) is 6. The van der Waals surface area contributed by atoms with Gasteiger partial charge in [-0.2, -0.15) is 0 Å². The van der Waals surface area contributed by atoms with Crippen molar-refractivity contribution in [2.24, 2.45) is 0 Å². The number of hydrogen-bond donors (Lipinski definition) is 2. The minimum Gasteiger partial charge on any atom is -0.505 e. The molecule has 2 aromatic carbocycles. The van der Waals surface area contributed by atoms with Crippen molar-refractivity contribution in [3.05, 3.63) is 108 Å². The number of fused-ring (bicyclic) bond motifs is 2. The monoisotopic (exact) mass is 464 g/mol. The van der Waals surface area contributed by atoms with Gasteiger partial charge in [0, 0.05) is 12.0 Å². The quantitative estimate of drug-likeness (QED) is 0.279. The lowest BCUT2D eigenvalue weighted by atomic mass is 10.00. The highest BCUT2D eigenvalue weighted by Gasteiger charge is 2.19. The van der Waals surface area contributed by atoms with Gasteiger partial charge >= 0.3 is 0 Å². The van der Waals surface area contributed by atoms with E-state index in [0.29, 0.717) is 34.3 Å². The summed E-state index contributed by atoms with van der Waals surface area (Å²) in [4.78, 5) is 2.76. The van der Waals surface area contributed by atoms with Crippen molar-refractivity contribution in [1.82, 2.24) is 30.0 Å². The van der Waals surface area contributed by atoms with Crippen LogP contribution in [0.3, 0.4) is 0 Å². The fourth-order valence-electron chi connectivity index (χ4n) is 3.90. The highest BCUT2D eigenvalue weighted by Crippen LogP contribution is 2.29. The van der Waals surface area contributed by atoms with Crippen molar-refractivity contribution in [3.8, 4) is 0 Å². The van der Waals surface area contributed by atoms with Crippen molar-refractivity contribution in [3.63, 3.8) is 0 Å². The molecular formula is C27H24N6O2. The van der Waals surface area contributed by atoms with Gasteiger partial charge < -0.3 is 10.2 Å². The Balaban J connectivity index is 1.50. The molecule has 0 saturated heterocycles. The first-order valence-electron chi connectivity index (χ1n) is 11.2. The number of rotatable bonds is 6. The van der Waals surface area contributed by atoms with Crippen LogP contribution < -0.4 is 0 Å². The second kappa shape index (κ2) is 9.26. The van der Waals surface area contributed by atoms with Crippen LogP contribution in [0.15, 0.2) is 108 Å². The van der Waals surface area contributed by atoms with Crippen molar-refractivity contribution in [2.75, 3.05) is 0 Å². The summed E-state index contributed by atoms with van der Waals surface area (Å²) in [7, 11) is 0. The zero-order valence-corrected chi connectivity index (χ0v) is 19.2. The SMILES string of the molecule is C=C(/C(O)=C(\C=C/C)CC1=CCC=CC(n2nc3ccccc3n2)=C1O)n1nc2ccccc2n1. The maximum absolute atomic E-state index is 11.2. The molecule has 5 rings (SSSR count). The van der Waals surface area contributed by atoms with Crippen LogP contribution in [0, 0.1) is 0 Å². The maximum atomic E-state index is 11.2. The topological polar surface area (TPSA) is 102 Å². The molecule has 2 aromatic heterocycles. The van der Waals surface area contributed by atoms with Crippen molar-refractivity contribution in [1.29, 1.82) is 0 Å². The number of aliphatic hydroxyl groups excluding tert-OH is 2. The standard InChI is InChI=1S/C27H24N6O2/c1-3-10-19(26(34)18(2)32-28-21-12-5-6-13-22(21)29-32)17-20-11-4-9-16-25(27(20)35)33-30-23-14-7-8-15-24(23)31-33/h3,5-16,34-35H,2,4,17H2,1H3/b10-3-,26-19-. The van der Waals surface area contributed by atoms with E-state index in [9.17, 15) is 10.2 Å². The zero-order valence-electron chi connectivity index (χ0n) is 19.2. The maximum Gasteiger partial charge on any atom is 0.146 e. The molecule has 8 heteroatoms. The number of aromatic nitrogens is 6. The second-order valence-corrected chi connectivity index (χ2v) is 8.05. The molecule has 0 spiro atoms. The molecule has 1 aliphatic carbocycles. The van der Waals surface area contributed by atoms with Crippen LogP contribution in [0.25, 0.3) is 33.5 Å². The van der Waals surface area contributed by atoms with Crippen LogP contribution in [0.4, 0.5) is 0 Å². The van der Waals surface area contributed by atoms with Crippen LogP contribution in [-0.2, 0) is 0 Å². The van der Waals surface area contributed by atoms with Crippen LogP contribution in [-0.4, -0.2) is 40.2 Å². The predicted molar refractivity (Wildman–Crippen MR) is 137 cm³/mol. The minimum atomic E-state index is -0.0567. The smallest absolute Gasteiger partial charge is 0.146 e. The van der Waals surface area contributed by atoms with Crippen molar-refractivity contribution in [2.45, 2.75) is 19.8 Å². The highest BCUT2D eigenvalue weighted by atomic mass is 16.3. The molecule has 174 valence electrons. The molecule has 2 heterocycles. The zero-order chi connectivity index (χ0) is 24.4. The van der Waals surface area contributed by atoms with E-state index in [2.05, 4.69) is 27.0 Å². The van der Waals surface area contributed by atoms with E-state index in [-0.39, 0.29) is 23.6 Å². The Morgan fingerprint density at radius 3 is 2.11 bits per heavy atom. The van der Waals surface area contributed by atoms with Crippen LogP contribution in [0.1, 0.15) is 19.8 Å². The minimum absolute atomic E-state index is 0.0439. The third-order valence-corrected chi connectivity index (χ3v) is 5.68. The Labute approximate surface area is 201 Å². The normalized spacial score (nSPS) is 15.1. The lowest BCUT2D eigenvalue weighted by Gasteiger charge is -2.13. The Morgan fingerprint density at radius 1 is 0.971 bits per heavy atom. The van der Waals surface area contributed by atoms with Crippen molar-refractivity contribution < 1.29 is 10.2 Å². The summed E-state index contributed by atoms with van der Waals surface area (Å²) >= 11 is 0. The molecule has 1 aliphatic rings. The first-order valence-corrected chi connectivity index (χ1v) is 11.2. The van der Waals surface area contributed by atoms with Gasteiger partial charge in [0.25, 0.3) is 0 Å². The summed E-state index contributed by atoms with van der Waals surface area (Å²) in [6.07, 6.45) is 10.1. The molecule has 2 N–H and O–H groups in total. The van der Waals surface area contributed by atoms with E-state index in [1.54, 1.807) is 12.2 Å². The Kier molecular flexibility index (Phi) is 5.85. The molecule has 0 bridgehead atoms.